The molecule has 1 aromatic heterocycles. The van der Waals surface area contributed by atoms with Crippen molar-refractivity contribution in [3.05, 3.63) is 35.5 Å². The summed E-state index contributed by atoms with van der Waals surface area (Å²) in [5.41, 5.74) is 9.67. The van der Waals surface area contributed by atoms with Crippen molar-refractivity contribution in [3.8, 4) is 0 Å². The summed E-state index contributed by atoms with van der Waals surface area (Å²) in [7, 11) is 0. The van der Waals surface area contributed by atoms with E-state index < -0.39 is 0 Å². The average Bonchev–Trinajstić information content (AvgIpc) is 2.72. The molecule has 0 radical (unpaired) electrons. The molecule has 1 heterocycles. The Morgan fingerprint density at radius 1 is 1.28 bits per heavy atom. The summed E-state index contributed by atoms with van der Waals surface area (Å²) in [6, 6.07) is 8.85. The summed E-state index contributed by atoms with van der Waals surface area (Å²) < 4.78 is 2.41. The van der Waals surface area contributed by atoms with E-state index in [9.17, 15) is 0 Å². The number of aromatic nitrogens is 1. The first-order valence-corrected chi connectivity index (χ1v) is 7.63. The zero-order valence-corrected chi connectivity index (χ0v) is 12.3. The molecule has 0 spiro atoms. The number of aryl methyl sites for hydroxylation is 1. The van der Waals surface area contributed by atoms with E-state index in [1.165, 1.54) is 22.2 Å². The van der Waals surface area contributed by atoms with E-state index in [1.807, 2.05) is 11.8 Å². The quantitative estimate of drug-likeness (QED) is 0.889. The molecule has 0 fully saturated rings. The number of nitrogens with zero attached hydrogens (tertiary/aromatic N) is 1. The van der Waals surface area contributed by atoms with Crippen molar-refractivity contribution in [2.45, 2.75) is 44.9 Å². The summed E-state index contributed by atoms with van der Waals surface area (Å²) in [6.07, 6.45) is 0. The fourth-order valence-corrected chi connectivity index (χ4v) is 2.97. The van der Waals surface area contributed by atoms with Crippen LogP contribution in [-0.4, -0.2) is 9.82 Å². The summed E-state index contributed by atoms with van der Waals surface area (Å²) in [5, 5.41) is 2.00. The minimum absolute atomic E-state index is 0.612. The van der Waals surface area contributed by atoms with E-state index in [1.54, 1.807) is 0 Å². The molecule has 0 unspecified atom stereocenters. The molecular weight excluding hydrogens is 240 g/mol. The summed E-state index contributed by atoms with van der Waals surface area (Å²) in [6.45, 7) is 8.33. The van der Waals surface area contributed by atoms with Crippen LogP contribution in [0.1, 0.15) is 32.0 Å². The van der Waals surface area contributed by atoms with Crippen molar-refractivity contribution in [2.24, 2.45) is 5.73 Å². The lowest BCUT2D eigenvalue weighted by atomic mass is 10.1. The molecule has 18 heavy (non-hydrogen) atoms. The van der Waals surface area contributed by atoms with E-state index in [0.717, 1.165) is 12.3 Å². The molecule has 98 valence electrons. The first-order valence-electron chi connectivity index (χ1n) is 6.58. The van der Waals surface area contributed by atoms with Gasteiger partial charge in [-0.2, -0.15) is 11.8 Å². The number of hydrogen-bond acceptors (Lipinski definition) is 2. The number of thioether (sulfide) groups is 1. The lowest BCUT2D eigenvalue weighted by Gasteiger charge is -2.09. The van der Waals surface area contributed by atoms with Crippen LogP contribution in [0, 0.1) is 0 Å². The second-order valence-electron chi connectivity index (χ2n) is 4.84. The van der Waals surface area contributed by atoms with Crippen LogP contribution in [0.25, 0.3) is 10.9 Å². The third-order valence-corrected chi connectivity index (χ3v) is 4.30. The summed E-state index contributed by atoms with van der Waals surface area (Å²) >= 11 is 1.99. The topological polar surface area (TPSA) is 30.9 Å². The van der Waals surface area contributed by atoms with Gasteiger partial charge in [-0.15, -0.1) is 0 Å². The van der Waals surface area contributed by atoms with E-state index in [-0.39, 0.29) is 0 Å². The molecular formula is C15H22N2S. The van der Waals surface area contributed by atoms with Gasteiger partial charge in [-0.3, -0.25) is 0 Å². The van der Waals surface area contributed by atoms with Crippen LogP contribution < -0.4 is 5.73 Å². The van der Waals surface area contributed by atoms with Crippen molar-refractivity contribution in [2.75, 3.05) is 0 Å². The normalized spacial score (nSPS) is 11.6. The first kappa shape index (κ1) is 13.5. The Labute approximate surface area is 114 Å². The zero-order valence-electron chi connectivity index (χ0n) is 11.4. The van der Waals surface area contributed by atoms with Crippen LogP contribution in [-0.2, 0) is 18.8 Å². The van der Waals surface area contributed by atoms with Gasteiger partial charge < -0.3 is 10.3 Å². The third-order valence-electron chi connectivity index (χ3n) is 3.17. The predicted octanol–water partition coefficient (Wildman–Crippen LogP) is 3.76. The second kappa shape index (κ2) is 5.81. The largest absolute Gasteiger partial charge is 0.344 e. The molecule has 0 atom stereocenters. The fourth-order valence-electron chi connectivity index (χ4n) is 2.23. The Morgan fingerprint density at radius 2 is 2.06 bits per heavy atom. The summed E-state index contributed by atoms with van der Waals surface area (Å²) in [4.78, 5) is 0. The molecule has 0 saturated carbocycles. The maximum absolute atomic E-state index is 5.72. The highest BCUT2D eigenvalue weighted by atomic mass is 32.2. The number of rotatable bonds is 5. The van der Waals surface area contributed by atoms with Gasteiger partial charge in [0, 0.05) is 30.1 Å². The van der Waals surface area contributed by atoms with Crippen LogP contribution in [0.3, 0.4) is 0 Å². The van der Waals surface area contributed by atoms with Crippen LogP contribution in [0.5, 0.6) is 0 Å². The Hall–Kier alpha value is -0.930. The SMILES string of the molecule is CCn1c(CSC(C)C)cc2ccc(CN)cc21. The van der Waals surface area contributed by atoms with E-state index in [4.69, 9.17) is 5.73 Å². The maximum atomic E-state index is 5.72. The van der Waals surface area contributed by atoms with Gasteiger partial charge in [-0.25, -0.2) is 0 Å². The molecule has 0 saturated heterocycles. The second-order valence-corrected chi connectivity index (χ2v) is 6.40. The monoisotopic (exact) mass is 262 g/mol. The average molecular weight is 262 g/mol. The smallest absolute Gasteiger partial charge is 0.0485 e. The Kier molecular flexibility index (Phi) is 4.36. The fraction of sp³-hybridized carbons (Fsp3) is 0.467. The Bertz CT molecular complexity index is 529. The highest BCUT2D eigenvalue weighted by Crippen LogP contribution is 2.25. The number of benzene rings is 1. The highest BCUT2D eigenvalue weighted by Gasteiger charge is 2.08. The molecule has 2 aromatic rings. The van der Waals surface area contributed by atoms with E-state index in [0.29, 0.717) is 11.8 Å². The third kappa shape index (κ3) is 2.73. The van der Waals surface area contributed by atoms with Gasteiger partial charge in [0.1, 0.15) is 0 Å². The van der Waals surface area contributed by atoms with Gasteiger partial charge in [-0.1, -0.05) is 26.0 Å². The number of fused-ring (bicyclic) bond motifs is 1. The van der Waals surface area contributed by atoms with Crippen molar-refractivity contribution < 1.29 is 0 Å². The zero-order chi connectivity index (χ0) is 13.1. The standard InChI is InChI=1S/C15H22N2S/c1-4-17-14(10-18-11(2)3)8-13-6-5-12(9-16)7-15(13)17/h5-8,11H,4,9-10,16H2,1-3H3. The van der Waals surface area contributed by atoms with Gasteiger partial charge in [0.15, 0.2) is 0 Å². The summed E-state index contributed by atoms with van der Waals surface area (Å²) in [5.74, 6) is 1.08. The predicted molar refractivity (Wildman–Crippen MR) is 81.9 cm³/mol. The minimum atomic E-state index is 0.612. The van der Waals surface area contributed by atoms with Crippen LogP contribution in [0.2, 0.25) is 0 Å². The molecule has 0 aliphatic heterocycles. The minimum Gasteiger partial charge on any atom is -0.344 e. The van der Waals surface area contributed by atoms with Crippen LogP contribution in [0.15, 0.2) is 24.3 Å². The van der Waals surface area contributed by atoms with Gasteiger partial charge in [0.2, 0.25) is 0 Å². The van der Waals surface area contributed by atoms with Crippen LogP contribution >= 0.6 is 11.8 Å². The lowest BCUT2D eigenvalue weighted by Crippen LogP contribution is -2.01. The number of hydrogen-bond donors (Lipinski definition) is 1. The van der Waals surface area contributed by atoms with Crippen molar-refractivity contribution in [1.29, 1.82) is 0 Å². The van der Waals surface area contributed by atoms with Crippen molar-refractivity contribution >= 4 is 22.7 Å². The molecule has 2 N–H and O–H groups in total. The van der Waals surface area contributed by atoms with E-state index in [2.05, 4.69) is 49.6 Å². The highest BCUT2D eigenvalue weighted by molar-refractivity contribution is 7.99. The Morgan fingerprint density at radius 3 is 2.67 bits per heavy atom. The maximum Gasteiger partial charge on any atom is 0.0485 e. The molecule has 2 nitrogen and oxygen atoms in total. The molecule has 0 bridgehead atoms. The number of nitrogens with two attached hydrogens (primary N) is 1. The van der Waals surface area contributed by atoms with E-state index >= 15 is 0 Å². The van der Waals surface area contributed by atoms with Gasteiger partial charge >= 0.3 is 0 Å². The molecule has 0 aliphatic carbocycles. The molecule has 3 heteroatoms. The van der Waals surface area contributed by atoms with Gasteiger partial charge in [0.25, 0.3) is 0 Å². The molecule has 0 amide bonds. The molecule has 0 aliphatic rings. The molecule has 1 aromatic carbocycles. The van der Waals surface area contributed by atoms with Crippen molar-refractivity contribution in [1.82, 2.24) is 4.57 Å². The molecule has 2 rings (SSSR count). The first-order chi connectivity index (χ1) is 8.65. The van der Waals surface area contributed by atoms with Gasteiger partial charge in [0.05, 0.1) is 0 Å². The van der Waals surface area contributed by atoms with Gasteiger partial charge in [-0.05, 0) is 35.3 Å². The Balaban J connectivity index is 2.41. The van der Waals surface area contributed by atoms with Crippen molar-refractivity contribution in [3.63, 3.8) is 0 Å². The lowest BCUT2D eigenvalue weighted by molar-refractivity contribution is 0.764. The van der Waals surface area contributed by atoms with Crippen LogP contribution in [0.4, 0.5) is 0 Å².